The highest BCUT2D eigenvalue weighted by atomic mass is 32.1. The Morgan fingerprint density at radius 1 is 1.04 bits per heavy atom. The third-order valence-electron chi connectivity index (χ3n) is 4.53. The molecule has 2 heterocycles. The molecule has 7 heteroatoms. The quantitative estimate of drug-likeness (QED) is 0.665. The Labute approximate surface area is 165 Å². The Balaban J connectivity index is 1.38. The first-order valence-electron chi connectivity index (χ1n) is 8.89. The first-order chi connectivity index (χ1) is 13.2. The molecule has 5 nitrogen and oxygen atoms in total. The number of aromatic nitrogens is 1. The van der Waals surface area contributed by atoms with Gasteiger partial charge in [0.1, 0.15) is 0 Å². The summed E-state index contributed by atoms with van der Waals surface area (Å²) in [7, 11) is 0. The van der Waals surface area contributed by atoms with Gasteiger partial charge in [-0.3, -0.25) is 14.9 Å². The van der Waals surface area contributed by atoms with Crippen molar-refractivity contribution >= 4 is 45.3 Å². The standard InChI is InChI=1S/C20H19N3O2S2/c24-18(22-16-8-3-6-13-5-1-2-7-15(13)16)11-14-12-27-20(21-14)23-19(25)17-9-4-10-26-17/h3-4,6,8-10,12H,1-2,5,7,11H2,(H,22,24)(H,21,23,25). The Bertz CT molecular complexity index is 964. The smallest absolute Gasteiger partial charge is 0.267 e. The molecule has 0 saturated heterocycles. The number of hydrogen-bond acceptors (Lipinski definition) is 5. The topological polar surface area (TPSA) is 71.1 Å². The number of amides is 2. The van der Waals surface area contributed by atoms with Crippen LogP contribution < -0.4 is 10.6 Å². The summed E-state index contributed by atoms with van der Waals surface area (Å²) in [6.07, 6.45) is 4.66. The summed E-state index contributed by atoms with van der Waals surface area (Å²) in [5, 5.41) is 9.98. The van der Waals surface area contributed by atoms with E-state index in [0.717, 1.165) is 18.5 Å². The number of fused-ring (bicyclic) bond motifs is 1. The molecule has 2 N–H and O–H groups in total. The van der Waals surface area contributed by atoms with E-state index >= 15 is 0 Å². The molecule has 0 saturated carbocycles. The van der Waals surface area contributed by atoms with Crippen molar-refractivity contribution < 1.29 is 9.59 Å². The van der Waals surface area contributed by atoms with E-state index < -0.39 is 0 Å². The van der Waals surface area contributed by atoms with Gasteiger partial charge in [0, 0.05) is 11.1 Å². The predicted octanol–water partition coefficient (Wildman–Crippen LogP) is 4.52. The highest BCUT2D eigenvalue weighted by Gasteiger charge is 2.16. The van der Waals surface area contributed by atoms with Gasteiger partial charge in [0.25, 0.3) is 5.91 Å². The van der Waals surface area contributed by atoms with Crippen molar-refractivity contribution in [3.05, 3.63) is 62.8 Å². The third kappa shape index (κ3) is 4.26. The molecular weight excluding hydrogens is 378 g/mol. The minimum absolute atomic E-state index is 0.0876. The molecule has 27 heavy (non-hydrogen) atoms. The van der Waals surface area contributed by atoms with Crippen molar-refractivity contribution in [2.45, 2.75) is 32.1 Å². The van der Waals surface area contributed by atoms with E-state index in [0.29, 0.717) is 15.7 Å². The molecule has 1 aliphatic carbocycles. The van der Waals surface area contributed by atoms with Gasteiger partial charge in [0.05, 0.1) is 17.0 Å². The second kappa shape index (κ2) is 8.02. The summed E-state index contributed by atoms with van der Waals surface area (Å²) in [4.78, 5) is 29.5. The SMILES string of the molecule is O=C(Cc1csc(NC(=O)c2cccs2)n1)Nc1cccc2c1CCCC2. The number of thiazole rings is 1. The van der Waals surface area contributed by atoms with Gasteiger partial charge >= 0.3 is 0 Å². The fraction of sp³-hybridized carbons (Fsp3) is 0.250. The van der Waals surface area contributed by atoms with Crippen molar-refractivity contribution in [2.75, 3.05) is 10.6 Å². The van der Waals surface area contributed by atoms with Crippen LogP contribution in [0.1, 0.15) is 39.3 Å². The predicted molar refractivity (Wildman–Crippen MR) is 110 cm³/mol. The molecule has 2 aromatic heterocycles. The molecule has 0 bridgehead atoms. The van der Waals surface area contributed by atoms with Crippen LogP contribution in [0.3, 0.4) is 0 Å². The number of benzene rings is 1. The van der Waals surface area contributed by atoms with Crippen molar-refractivity contribution in [2.24, 2.45) is 0 Å². The molecule has 0 atom stereocenters. The van der Waals surface area contributed by atoms with E-state index in [-0.39, 0.29) is 18.2 Å². The molecule has 1 aliphatic rings. The van der Waals surface area contributed by atoms with Crippen molar-refractivity contribution in [3.63, 3.8) is 0 Å². The maximum Gasteiger partial charge on any atom is 0.267 e. The van der Waals surface area contributed by atoms with Gasteiger partial charge in [-0.2, -0.15) is 0 Å². The summed E-state index contributed by atoms with van der Waals surface area (Å²) >= 11 is 2.71. The number of thiophene rings is 1. The number of aryl methyl sites for hydroxylation is 1. The largest absolute Gasteiger partial charge is 0.325 e. The third-order valence-corrected chi connectivity index (χ3v) is 6.20. The molecular formula is C20H19N3O2S2. The number of nitrogens with zero attached hydrogens (tertiary/aromatic N) is 1. The van der Waals surface area contributed by atoms with Crippen molar-refractivity contribution in [3.8, 4) is 0 Å². The van der Waals surface area contributed by atoms with Gasteiger partial charge in [-0.1, -0.05) is 18.2 Å². The first kappa shape index (κ1) is 17.9. The monoisotopic (exact) mass is 397 g/mol. The van der Waals surface area contributed by atoms with E-state index in [9.17, 15) is 9.59 Å². The van der Waals surface area contributed by atoms with Gasteiger partial charge < -0.3 is 5.32 Å². The Kier molecular flexibility index (Phi) is 5.31. The van der Waals surface area contributed by atoms with E-state index in [1.807, 2.05) is 29.0 Å². The lowest BCUT2D eigenvalue weighted by molar-refractivity contribution is -0.115. The lowest BCUT2D eigenvalue weighted by atomic mass is 9.90. The second-order valence-corrected chi connectivity index (χ2v) is 8.26. The van der Waals surface area contributed by atoms with Gasteiger partial charge in [-0.25, -0.2) is 4.98 Å². The zero-order chi connectivity index (χ0) is 18.6. The zero-order valence-electron chi connectivity index (χ0n) is 14.7. The number of nitrogens with one attached hydrogen (secondary N) is 2. The summed E-state index contributed by atoms with van der Waals surface area (Å²) in [5.41, 5.74) is 4.17. The van der Waals surface area contributed by atoms with Crippen LogP contribution in [0, 0.1) is 0 Å². The molecule has 0 fully saturated rings. The molecule has 0 radical (unpaired) electrons. The van der Waals surface area contributed by atoms with Crippen molar-refractivity contribution in [1.29, 1.82) is 0 Å². The van der Waals surface area contributed by atoms with Gasteiger partial charge in [0.2, 0.25) is 5.91 Å². The number of anilines is 2. The average molecular weight is 398 g/mol. The van der Waals surface area contributed by atoms with Crippen molar-refractivity contribution in [1.82, 2.24) is 4.98 Å². The minimum atomic E-state index is -0.175. The lowest BCUT2D eigenvalue weighted by Crippen LogP contribution is -2.17. The summed E-state index contributed by atoms with van der Waals surface area (Å²) in [5.74, 6) is -0.262. The van der Waals surface area contributed by atoms with E-state index in [4.69, 9.17) is 0 Å². The molecule has 138 valence electrons. The molecule has 0 spiro atoms. The fourth-order valence-corrected chi connectivity index (χ4v) is 4.59. The number of hydrogen-bond donors (Lipinski definition) is 2. The molecule has 0 aliphatic heterocycles. The summed E-state index contributed by atoms with van der Waals surface area (Å²) in [6.45, 7) is 0. The van der Waals surface area contributed by atoms with Crippen LogP contribution in [0.4, 0.5) is 10.8 Å². The zero-order valence-corrected chi connectivity index (χ0v) is 16.3. The van der Waals surface area contributed by atoms with Gasteiger partial charge in [0.15, 0.2) is 5.13 Å². The number of carbonyl (C=O) groups is 2. The molecule has 2 amide bonds. The van der Waals surface area contributed by atoms with Crippen LogP contribution in [0.15, 0.2) is 41.1 Å². The molecule has 1 aromatic carbocycles. The minimum Gasteiger partial charge on any atom is -0.325 e. The number of rotatable bonds is 5. The fourth-order valence-electron chi connectivity index (χ4n) is 3.27. The molecule has 0 unspecified atom stereocenters. The summed E-state index contributed by atoms with van der Waals surface area (Å²) < 4.78 is 0. The Morgan fingerprint density at radius 3 is 2.78 bits per heavy atom. The van der Waals surface area contributed by atoms with Crippen LogP contribution in [0.2, 0.25) is 0 Å². The van der Waals surface area contributed by atoms with Crippen LogP contribution in [0.25, 0.3) is 0 Å². The van der Waals surface area contributed by atoms with E-state index in [1.54, 1.807) is 6.07 Å². The summed E-state index contributed by atoms with van der Waals surface area (Å²) in [6, 6.07) is 9.71. The normalized spacial score (nSPS) is 13.0. The molecule has 4 rings (SSSR count). The van der Waals surface area contributed by atoms with Crippen LogP contribution >= 0.6 is 22.7 Å². The van der Waals surface area contributed by atoms with Gasteiger partial charge in [-0.05, 0) is 54.3 Å². The maximum absolute atomic E-state index is 12.5. The van der Waals surface area contributed by atoms with E-state index in [2.05, 4.69) is 21.7 Å². The van der Waals surface area contributed by atoms with Gasteiger partial charge in [-0.15, -0.1) is 22.7 Å². The second-order valence-electron chi connectivity index (χ2n) is 6.45. The Morgan fingerprint density at radius 2 is 1.93 bits per heavy atom. The number of carbonyl (C=O) groups excluding carboxylic acids is 2. The van der Waals surface area contributed by atoms with Crippen LogP contribution in [0.5, 0.6) is 0 Å². The Hall–Kier alpha value is -2.51. The molecule has 3 aromatic rings. The highest BCUT2D eigenvalue weighted by molar-refractivity contribution is 7.14. The van der Waals surface area contributed by atoms with Crippen LogP contribution in [-0.4, -0.2) is 16.8 Å². The van der Waals surface area contributed by atoms with E-state index in [1.165, 1.54) is 46.6 Å². The maximum atomic E-state index is 12.5. The first-order valence-corrected chi connectivity index (χ1v) is 10.6. The average Bonchev–Trinajstić information content (AvgIpc) is 3.34. The van der Waals surface area contributed by atoms with Crippen LogP contribution in [-0.2, 0) is 24.1 Å². The lowest BCUT2D eigenvalue weighted by Gasteiger charge is -2.19. The highest BCUT2D eigenvalue weighted by Crippen LogP contribution is 2.28.